The van der Waals surface area contributed by atoms with Crippen LogP contribution in [0.15, 0.2) is 91.0 Å². The summed E-state index contributed by atoms with van der Waals surface area (Å²) in [6.45, 7) is 2.78. The lowest BCUT2D eigenvalue weighted by Gasteiger charge is -2.36. The lowest BCUT2D eigenvalue weighted by molar-refractivity contribution is 0.0752. The Labute approximate surface area is 225 Å². The van der Waals surface area contributed by atoms with Crippen molar-refractivity contribution in [2.24, 2.45) is 0 Å². The van der Waals surface area contributed by atoms with E-state index >= 15 is 0 Å². The predicted octanol–water partition coefficient (Wildman–Crippen LogP) is 6.18. The van der Waals surface area contributed by atoms with Gasteiger partial charge in [0, 0.05) is 42.8 Å². The van der Waals surface area contributed by atoms with Gasteiger partial charge in [-0.25, -0.2) is 4.98 Å². The molecule has 6 nitrogen and oxygen atoms in total. The van der Waals surface area contributed by atoms with Crippen LogP contribution in [-0.2, 0) is 0 Å². The van der Waals surface area contributed by atoms with Gasteiger partial charge in [-0.05, 0) is 41.5 Å². The summed E-state index contributed by atoms with van der Waals surface area (Å²) >= 11 is 1.39. The molecule has 0 bridgehead atoms. The molecule has 190 valence electrons. The first-order valence-electron chi connectivity index (χ1n) is 12.6. The highest BCUT2D eigenvalue weighted by molar-refractivity contribution is 7.21. The van der Waals surface area contributed by atoms with E-state index in [9.17, 15) is 4.79 Å². The molecule has 0 atom stereocenters. The summed E-state index contributed by atoms with van der Waals surface area (Å²) in [5, 5.41) is 0.848. The van der Waals surface area contributed by atoms with Gasteiger partial charge in [0.25, 0.3) is 5.91 Å². The lowest BCUT2D eigenvalue weighted by atomic mass is 9.99. The van der Waals surface area contributed by atoms with Gasteiger partial charge in [-0.2, -0.15) is 0 Å². The fourth-order valence-corrected chi connectivity index (χ4v) is 6.07. The van der Waals surface area contributed by atoms with Crippen LogP contribution in [0.2, 0.25) is 0 Å². The number of hydrogen-bond acceptors (Lipinski definition) is 6. The van der Waals surface area contributed by atoms with E-state index in [1.807, 2.05) is 65.6 Å². The maximum absolute atomic E-state index is 13.7. The molecule has 3 aromatic carbocycles. The molecule has 5 aromatic rings. The first-order valence-corrected chi connectivity index (χ1v) is 13.5. The molecule has 7 heteroatoms. The number of thiophene rings is 1. The van der Waals surface area contributed by atoms with Crippen molar-refractivity contribution in [3.05, 3.63) is 95.9 Å². The van der Waals surface area contributed by atoms with Crippen LogP contribution in [0.1, 0.15) is 9.67 Å². The molecule has 6 rings (SSSR count). The number of nitrogen functional groups attached to an aromatic ring is 1. The van der Waals surface area contributed by atoms with E-state index < -0.39 is 0 Å². The van der Waals surface area contributed by atoms with Crippen LogP contribution in [0.3, 0.4) is 0 Å². The van der Waals surface area contributed by atoms with E-state index in [1.165, 1.54) is 11.3 Å². The van der Waals surface area contributed by atoms with Gasteiger partial charge in [0.1, 0.15) is 15.5 Å². The zero-order valence-corrected chi connectivity index (χ0v) is 21.9. The SMILES string of the molecule is COc1ccc(N2CCN(C(=O)c3sc4nc(-c5ccccc5)cc(-c5ccccc5)c4c3N)CC2)cc1. The average molecular weight is 521 g/mol. The van der Waals surface area contributed by atoms with Crippen molar-refractivity contribution in [1.29, 1.82) is 0 Å². The first kappa shape index (κ1) is 24.0. The minimum Gasteiger partial charge on any atom is -0.497 e. The molecule has 38 heavy (non-hydrogen) atoms. The van der Waals surface area contributed by atoms with Gasteiger partial charge in [-0.3, -0.25) is 4.79 Å². The maximum atomic E-state index is 13.7. The normalized spacial score (nSPS) is 13.6. The number of aromatic nitrogens is 1. The standard InChI is InChI=1S/C31H28N4O2S/c1-37-24-14-12-23(13-15-24)34-16-18-35(19-17-34)31(36)29-28(32)27-25(21-8-4-2-5-9-21)20-26(33-30(27)38-29)22-10-6-3-7-11-22/h2-15,20H,16-19,32H2,1H3. The van der Waals surface area contributed by atoms with E-state index in [4.69, 9.17) is 15.5 Å². The Morgan fingerprint density at radius 1 is 0.868 bits per heavy atom. The Bertz CT molecular complexity index is 1580. The molecule has 1 amide bonds. The molecule has 0 spiro atoms. The fraction of sp³-hybridized carbons (Fsp3) is 0.161. The fourth-order valence-electron chi connectivity index (χ4n) is 4.99. The van der Waals surface area contributed by atoms with Gasteiger partial charge in [0.15, 0.2) is 0 Å². The molecule has 0 unspecified atom stereocenters. The highest BCUT2D eigenvalue weighted by atomic mass is 32.1. The molecule has 1 aliphatic rings. The van der Waals surface area contributed by atoms with Crippen LogP contribution in [0.5, 0.6) is 5.75 Å². The number of pyridine rings is 1. The number of amides is 1. The van der Waals surface area contributed by atoms with E-state index in [0.29, 0.717) is 23.7 Å². The van der Waals surface area contributed by atoms with Gasteiger partial charge in [-0.1, -0.05) is 60.7 Å². The van der Waals surface area contributed by atoms with Crippen LogP contribution in [0, 0.1) is 0 Å². The molecule has 1 aliphatic heterocycles. The number of carbonyl (C=O) groups is 1. The summed E-state index contributed by atoms with van der Waals surface area (Å²) < 4.78 is 5.27. The molecular formula is C31H28N4O2S. The number of benzene rings is 3. The van der Waals surface area contributed by atoms with E-state index in [2.05, 4.69) is 35.2 Å². The number of fused-ring (bicyclic) bond motifs is 1. The highest BCUT2D eigenvalue weighted by Gasteiger charge is 2.27. The molecule has 2 N–H and O–H groups in total. The number of anilines is 2. The molecule has 3 heterocycles. The summed E-state index contributed by atoms with van der Waals surface area (Å²) in [4.78, 5) is 24.2. The molecule has 1 saturated heterocycles. The minimum atomic E-state index is -0.0276. The first-order chi connectivity index (χ1) is 18.6. The van der Waals surface area contributed by atoms with Crippen LogP contribution < -0.4 is 15.4 Å². The number of hydrogen-bond donors (Lipinski definition) is 1. The molecule has 2 aromatic heterocycles. The largest absolute Gasteiger partial charge is 0.497 e. The number of piperazine rings is 1. The Balaban J connectivity index is 1.32. The number of ether oxygens (including phenoxy) is 1. The molecule has 0 saturated carbocycles. The van der Waals surface area contributed by atoms with E-state index in [0.717, 1.165) is 57.1 Å². The molecule has 0 radical (unpaired) electrons. The second kappa shape index (κ2) is 10.2. The lowest BCUT2D eigenvalue weighted by Crippen LogP contribution is -2.48. The number of methoxy groups -OCH3 is 1. The average Bonchev–Trinajstić information content (AvgIpc) is 3.33. The van der Waals surface area contributed by atoms with Gasteiger partial charge in [-0.15, -0.1) is 11.3 Å². The second-order valence-corrected chi connectivity index (χ2v) is 10.3. The minimum absolute atomic E-state index is 0.0276. The smallest absolute Gasteiger partial charge is 0.266 e. The van der Waals surface area contributed by atoms with Gasteiger partial charge in [0.2, 0.25) is 0 Å². The molecule has 1 fully saturated rings. The monoisotopic (exact) mass is 520 g/mol. The van der Waals surface area contributed by atoms with Crippen molar-refractivity contribution in [2.45, 2.75) is 0 Å². The third-order valence-corrected chi connectivity index (χ3v) is 8.14. The molecule has 0 aliphatic carbocycles. The van der Waals surface area contributed by atoms with Crippen LogP contribution in [-0.4, -0.2) is 49.1 Å². The summed E-state index contributed by atoms with van der Waals surface area (Å²) in [6.07, 6.45) is 0. The second-order valence-electron chi connectivity index (χ2n) is 9.29. The van der Waals surface area contributed by atoms with Gasteiger partial charge in [0.05, 0.1) is 18.5 Å². The van der Waals surface area contributed by atoms with Crippen molar-refractivity contribution in [2.75, 3.05) is 43.9 Å². The maximum Gasteiger partial charge on any atom is 0.266 e. The van der Waals surface area contributed by atoms with Crippen LogP contribution >= 0.6 is 11.3 Å². The predicted molar refractivity (Wildman–Crippen MR) is 156 cm³/mol. The van der Waals surface area contributed by atoms with Crippen LogP contribution in [0.25, 0.3) is 32.6 Å². The highest BCUT2D eigenvalue weighted by Crippen LogP contribution is 2.41. The quantitative estimate of drug-likeness (QED) is 0.299. The van der Waals surface area contributed by atoms with Crippen molar-refractivity contribution in [1.82, 2.24) is 9.88 Å². The Hall–Kier alpha value is -4.36. The topological polar surface area (TPSA) is 71.7 Å². The molecular weight excluding hydrogens is 492 g/mol. The van der Waals surface area contributed by atoms with Gasteiger partial charge < -0.3 is 20.3 Å². The summed E-state index contributed by atoms with van der Waals surface area (Å²) in [5.41, 5.74) is 12.3. The zero-order valence-electron chi connectivity index (χ0n) is 21.1. The van der Waals surface area contributed by atoms with Crippen molar-refractivity contribution in [3.63, 3.8) is 0 Å². The zero-order chi connectivity index (χ0) is 26.1. The number of nitrogens with two attached hydrogens (primary N) is 1. The summed E-state index contributed by atoms with van der Waals surface area (Å²) in [6, 6.07) is 30.4. The van der Waals surface area contributed by atoms with Crippen molar-refractivity contribution in [3.8, 4) is 28.1 Å². The van der Waals surface area contributed by atoms with Gasteiger partial charge >= 0.3 is 0 Å². The summed E-state index contributed by atoms with van der Waals surface area (Å²) in [5.74, 6) is 0.807. The Morgan fingerprint density at radius 2 is 1.50 bits per heavy atom. The summed E-state index contributed by atoms with van der Waals surface area (Å²) in [7, 11) is 1.67. The Kier molecular flexibility index (Phi) is 6.43. The third kappa shape index (κ3) is 4.46. The van der Waals surface area contributed by atoms with Crippen LogP contribution in [0.4, 0.5) is 11.4 Å². The number of carbonyl (C=O) groups excluding carboxylic acids is 1. The van der Waals surface area contributed by atoms with Crippen molar-refractivity contribution < 1.29 is 9.53 Å². The van der Waals surface area contributed by atoms with Crippen molar-refractivity contribution >= 4 is 38.8 Å². The number of rotatable bonds is 5. The van der Waals surface area contributed by atoms with E-state index in [-0.39, 0.29) is 5.91 Å². The third-order valence-electron chi connectivity index (χ3n) is 7.05. The number of nitrogens with zero attached hydrogens (tertiary/aromatic N) is 3. The Morgan fingerprint density at radius 3 is 2.13 bits per heavy atom. The van der Waals surface area contributed by atoms with E-state index in [1.54, 1.807) is 7.11 Å².